The summed E-state index contributed by atoms with van der Waals surface area (Å²) in [5, 5.41) is 6.15. The first kappa shape index (κ1) is 15.7. The SMILES string of the molecule is Cc1ccc(Nc2cccc3c4ccccc4n(-c4ccccc4)c23)cc1. The Morgan fingerprint density at radius 1 is 0.630 bits per heavy atom. The summed E-state index contributed by atoms with van der Waals surface area (Å²) < 4.78 is 2.35. The molecule has 27 heavy (non-hydrogen) atoms. The third kappa shape index (κ3) is 2.67. The van der Waals surface area contributed by atoms with Crippen molar-refractivity contribution in [2.75, 3.05) is 5.32 Å². The number of fused-ring (bicyclic) bond motifs is 3. The first-order valence-corrected chi connectivity index (χ1v) is 9.22. The zero-order chi connectivity index (χ0) is 18.2. The van der Waals surface area contributed by atoms with Gasteiger partial charge in [-0.15, -0.1) is 0 Å². The van der Waals surface area contributed by atoms with Gasteiger partial charge in [-0.25, -0.2) is 0 Å². The van der Waals surface area contributed by atoms with Gasteiger partial charge in [0, 0.05) is 22.1 Å². The van der Waals surface area contributed by atoms with Crippen LogP contribution in [0.1, 0.15) is 5.56 Å². The van der Waals surface area contributed by atoms with E-state index in [2.05, 4.69) is 114 Å². The van der Waals surface area contributed by atoms with Gasteiger partial charge in [-0.1, -0.05) is 66.2 Å². The molecule has 130 valence electrons. The summed E-state index contributed by atoms with van der Waals surface area (Å²) in [7, 11) is 0. The van der Waals surface area contributed by atoms with Gasteiger partial charge in [0.1, 0.15) is 0 Å². The molecule has 5 rings (SSSR count). The third-order valence-corrected chi connectivity index (χ3v) is 5.04. The molecule has 0 bridgehead atoms. The molecule has 0 atom stereocenters. The number of benzene rings is 4. The number of rotatable bonds is 3. The average molecular weight is 348 g/mol. The molecule has 0 aliphatic rings. The molecule has 2 heteroatoms. The lowest BCUT2D eigenvalue weighted by atomic mass is 10.1. The maximum Gasteiger partial charge on any atom is 0.0776 e. The molecule has 4 aromatic carbocycles. The Morgan fingerprint density at radius 2 is 1.33 bits per heavy atom. The molecule has 0 radical (unpaired) electrons. The average Bonchev–Trinajstić information content (AvgIpc) is 3.06. The topological polar surface area (TPSA) is 17.0 Å². The van der Waals surface area contributed by atoms with E-state index in [1.807, 2.05) is 0 Å². The van der Waals surface area contributed by atoms with E-state index >= 15 is 0 Å². The van der Waals surface area contributed by atoms with Crippen LogP contribution in [0.2, 0.25) is 0 Å². The Hall–Kier alpha value is -3.52. The van der Waals surface area contributed by atoms with Gasteiger partial charge in [0.15, 0.2) is 0 Å². The van der Waals surface area contributed by atoms with Crippen molar-refractivity contribution in [3.63, 3.8) is 0 Å². The molecule has 1 N–H and O–H groups in total. The van der Waals surface area contributed by atoms with Gasteiger partial charge >= 0.3 is 0 Å². The number of nitrogens with one attached hydrogen (secondary N) is 1. The Kier molecular flexibility index (Phi) is 3.68. The van der Waals surface area contributed by atoms with Gasteiger partial charge in [-0.05, 0) is 43.3 Å². The summed E-state index contributed by atoms with van der Waals surface area (Å²) in [5.74, 6) is 0. The zero-order valence-corrected chi connectivity index (χ0v) is 15.2. The van der Waals surface area contributed by atoms with E-state index in [0.29, 0.717) is 0 Å². The monoisotopic (exact) mass is 348 g/mol. The van der Waals surface area contributed by atoms with Crippen molar-refractivity contribution in [2.24, 2.45) is 0 Å². The second-order valence-electron chi connectivity index (χ2n) is 6.88. The molecule has 1 aromatic heterocycles. The fourth-order valence-corrected chi connectivity index (χ4v) is 3.76. The van der Waals surface area contributed by atoms with Crippen molar-refractivity contribution >= 4 is 33.2 Å². The van der Waals surface area contributed by atoms with Gasteiger partial charge in [0.2, 0.25) is 0 Å². The minimum atomic E-state index is 1.10. The summed E-state index contributed by atoms with van der Waals surface area (Å²) in [6.07, 6.45) is 0. The van der Waals surface area contributed by atoms with Gasteiger partial charge in [0.25, 0.3) is 0 Å². The number of aryl methyl sites for hydroxylation is 1. The van der Waals surface area contributed by atoms with E-state index in [4.69, 9.17) is 0 Å². The van der Waals surface area contributed by atoms with Crippen LogP contribution in [0, 0.1) is 6.92 Å². The van der Waals surface area contributed by atoms with Crippen LogP contribution in [0.15, 0.2) is 97.1 Å². The Morgan fingerprint density at radius 3 is 2.15 bits per heavy atom. The maximum atomic E-state index is 3.62. The highest BCUT2D eigenvalue weighted by Gasteiger charge is 2.14. The van der Waals surface area contributed by atoms with Crippen LogP contribution in [-0.4, -0.2) is 4.57 Å². The minimum Gasteiger partial charge on any atom is -0.354 e. The van der Waals surface area contributed by atoms with Crippen LogP contribution in [0.3, 0.4) is 0 Å². The number of nitrogens with zero attached hydrogens (tertiary/aromatic N) is 1. The number of hydrogen-bond acceptors (Lipinski definition) is 1. The molecule has 0 saturated carbocycles. The molecular formula is C25H20N2. The summed E-state index contributed by atoms with van der Waals surface area (Å²) in [5.41, 5.74) is 7.05. The Bertz CT molecular complexity index is 1230. The molecule has 0 saturated heterocycles. The summed E-state index contributed by atoms with van der Waals surface area (Å²) in [4.78, 5) is 0. The molecular weight excluding hydrogens is 328 g/mol. The fourth-order valence-electron chi connectivity index (χ4n) is 3.76. The molecule has 0 spiro atoms. The van der Waals surface area contributed by atoms with Crippen molar-refractivity contribution in [3.05, 3.63) is 103 Å². The van der Waals surface area contributed by atoms with Crippen molar-refractivity contribution in [1.82, 2.24) is 4.57 Å². The molecule has 5 aromatic rings. The summed E-state index contributed by atoms with van der Waals surface area (Å²) >= 11 is 0. The van der Waals surface area contributed by atoms with E-state index in [-0.39, 0.29) is 0 Å². The van der Waals surface area contributed by atoms with Gasteiger partial charge in [-0.2, -0.15) is 0 Å². The maximum absolute atomic E-state index is 3.62. The fraction of sp³-hybridized carbons (Fsp3) is 0.0400. The van der Waals surface area contributed by atoms with Gasteiger partial charge < -0.3 is 9.88 Å². The van der Waals surface area contributed by atoms with Crippen LogP contribution >= 0.6 is 0 Å². The highest BCUT2D eigenvalue weighted by Crippen LogP contribution is 2.37. The van der Waals surface area contributed by atoms with Crippen molar-refractivity contribution in [2.45, 2.75) is 6.92 Å². The van der Waals surface area contributed by atoms with Crippen LogP contribution in [-0.2, 0) is 0 Å². The van der Waals surface area contributed by atoms with E-state index < -0.39 is 0 Å². The zero-order valence-electron chi connectivity index (χ0n) is 15.2. The van der Waals surface area contributed by atoms with E-state index in [1.165, 1.54) is 33.1 Å². The first-order valence-electron chi connectivity index (χ1n) is 9.22. The number of hydrogen-bond donors (Lipinski definition) is 1. The van der Waals surface area contributed by atoms with Crippen molar-refractivity contribution < 1.29 is 0 Å². The lowest BCUT2D eigenvalue weighted by Gasteiger charge is -2.13. The number of anilines is 2. The quantitative estimate of drug-likeness (QED) is 0.378. The largest absolute Gasteiger partial charge is 0.354 e. The van der Waals surface area contributed by atoms with Crippen LogP contribution in [0.4, 0.5) is 11.4 Å². The Labute approximate surface area is 158 Å². The summed E-state index contributed by atoms with van der Waals surface area (Å²) in [6, 6.07) is 34.2. The summed E-state index contributed by atoms with van der Waals surface area (Å²) in [6.45, 7) is 2.11. The van der Waals surface area contributed by atoms with Crippen LogP contribution < -0.4 is 5.32 Å². The second kappa shape index (κ2) is 6.33. The predicted octanol–water partition coefficient (Wildman–Crippen LogP) is 6.84. The molecule has 0 aliphatic carbocycles. The molecule has 0 unspecified atom stereocenters. The third-order valence-electron chi connectivity index (χ3n) is 5.04. The predicted molar refractivity (Wildman–Crippen MR) is 115 cm³/mol. The van der Waals surface area contributed by atoms with E-state index in [1.54, 1.807) is 0 Å². The van der Waals surface area contributed by atoms with E-state index in [9.17, 15) is 0 Å². The van der Waals surface area contributed by atoms with Gasteiger partial charge in [0.05, 0.1) is 16.7 Å². The second-order valence-corrected chi connectivity index (χ2v) is 6.88. The highest BCUT2D eigenvalue weighted by molar-refractivity contribution is 6.13. The normalized spacial score (nSPS) is 11.1. The van der Waals surface area contributed by atoms with Crippen molar-refractivity contribution in [3.8, 4) is 5.69 Å². The lowest BCUT2D eigenvalue weighted by Crippen LogP contribution is -1.97. The van der Waals surface area contributed by atoms with E-state index in [0.717, 1.165) is 11.4 Å². The minimum absolute atomic E-state index is 1.10. The Balaban J connectivity index is 1.81. The molecule has 1 heterocycles. The smallest absolute Gasteiger partial charge is 0.0776 e. The molecule has 2 nitrogen and oxygen atoms in total. The number of para-hydroxylation sites is 3. The standard InChI is InChI=1S/C25H20N2/c1-18-14-16-19(17-15-18)26-23-12-7-11-22-21-10-5-6-13-24(21)27(25(22)23)20-8-3-2-4-9-20/h2-17,26H,1H3. The van der Waals surface area contributed by atoms with Crippen LogP contribution in [0.5, 0.6) is 0 Å². The number of aromatic nitrogens is 1. The lowest BCUT2D eigenvalue weighted by molar-refractivity contribution is 1.18. The molecule has 0 fully saturated rings. The molecule has 0 aliphatic heterocycles. The van der Waals surface area contributed by atoms with Gasteiger partial charge in [-0.3, -0.25) is 0 Å². The first-order chi connectivity index (χ1) is 13.3. The highest BCUT2D eigenvalue weighted by atomic mass is 15.0. The van der Waals surface area contributed by atoms with Crippen molar-refractivity contribution in [1.29, 1.82) is 0 Å². The van der Waals surface area contributed by atoms with Crippen LogP contribution in [0.25, 0.3) is 27.5 Å². The molecule has 0 amide bonds.